The first kappa shape index (κ1) is 20.9. The molecule has 2 unspecified atom stereocenters. The molecule has 2 aliphatic heterocycles. The van der Waals surface area contributed by atoms with Crippen LogP contribution in [0.4, 0.5) is 0 Å². The van der Waals surface area contributed by atoms with E-state index >= 15 is 0 Å². The molecule has 5 rings (SSSR count). The number of carbonyl (C=O) groups is 2. The average Bonchev–Trinajstić information content (AvgIpc) is 3.29. The molecule has 2 heterocycles. The van der Waals surface area contributed by atoms with Crippen LogP contribution in [0.5, 0.6) is 11.5 Å². The van der Waals surface area contributed by atoms with Gasteiger partial charge in [0.25, 0.3) is 5.91 Å². The van der Waals surface area contributed by atoms with Crippen LogP contribution in [0, 0.1) is 0 Å². The zero-order valence-electron chi connectivity index (χ0n) is 17.8. The topological polar surface area (TPSA) is 67.9 Å². The Kier molecular flexibility index (Phi) is 6.08. The molecule has 1 saturated heterocycles. The smallest absolute Gasteiger partial charge is 0.261 e. The van der Waals surface area contributed by atoms with E-state index in [4.69, 9.17) is 9.47 Å². The Morgan fingerprint density at radius 2 is 1.91 bits per heavy atom. The number of rotatable bonds is 5. The second kappa shape index (κ2) is 9.28. The van der Waals surface area contributed by atoms with E-state index in [1.54, 1.807) is 16.7 Å². The summed E-state index contributed by atoms with van der Waals surface area (Å²) in [5, 5.41) is 3.31. The Bertz CT molecular complexity index is 1040. The van der Waals surface area contributed by atoms with Gasteiger partial charge >= 0.3 is 0 Å². The minimum atomic E-state index is -0.147. The van der Waals surface area contributed by atoms with Crippen LogP contribution in [0.2, 0.25) is 0 Å². The van der Waals surface area contributed by atoms with Crippen molar-refractivity contribution in [2.45, 2.75) is 43.5 Å². The van der Waals surface area contributed by atoms with E-state index < -0.39 is 0 Å². The van der Waals surface area contributed by atoms with Gasteiger partial charge in [0, 0.05) is 17.8 Å². The second-order valence-electron chi connectivity index (χ2n) is 8.32. The quantitative estimate of drug-likeness (QED) is 0.699. The van der Waals surface area contributed by atoms with E-state index in [2.05, 4.69) is 5.32 Å². The number of nitrogens with zero attached hydrogens (tertiary/aromatic N) is 1. The first-order chi connectivity index (χ1) is 15.7. The van der Waals surface area contributed by atoms with Crippen molar-refractivity contribution in [3.63, 3.8) is 0 Å². The van der Waals surface area contributed by atoms with Crippen molar-refractivity contribution in [1.82, 2.24) is 10.2 Å². The summed E-state index contributed by atoms with van der Waals surface area (Å²) in [4.78, 5) is 28.7. The lowest BCUT2D eigenvalue weighted by molar-refractivity contribution is -0.135. The molecule has 1 saturated carbocycles. The first-order valence-electron chi connectivity index (χ1n) is 11.1. The van der Waals surface area contributed by atoms with Crippen LogP contribution in [0.3, 0.4) is 0 Å². The lowest BCUT2D eigenvalue weighted by Crippen LogP contribution is -2.54. The molecule has 0 spiro atoms. The minimum absolute atomic E-state index is 0.0415. The maximum atomic E-state index is 13.3. The summed E-state index contributed by atoms with van der Waals surface area (Å²) >= 11 is 1.68. The van der Waals surface area contributed by atoms with Crippen LogP contribution < -0.4 is 14.8 Å². The fourth-order valence-electron chi connectivity index (χ4n) is 4.52. The summed E-state index contributed by atoms with van der Waals surface area (Å²) in [7, 11) is 0. The van der Waals surface area contributed by atoms with Crippen LogP contribution in [0.15, 0.2) is 53.4 Å². The van der Waals surface area contributed by atoms with Gasteiger partial charge in [0.15, 0.2) is 11.5 Å². The SMILES string of the molecule is O=C(CN1C(=O)/C(=C/c2ccccc2)SC2CCCCC21)NCc1ccc2c(c1)OCO2. The van der Waals surface area contributed by atoms with Gasteiger partial charge in [-0.1, -0.05) is 49.2 Å². The molecule has 1 aliphatic carbocycles. The maximum absolute atomic E-state index is 13.3. The van der Waals surface area contributed by atoms with E-state index in [0.29, 0.717) is 17.5 Å². The number of benzene rings is 2. The highest BCUT2D eigenvalue weighted by Crippen LogP contribution is 2.42. The van der Waals surface area contributed by atoms with Crippen LogP contribution in [0.25, 0.3) is 6.08 Å². The summed E-state index contributed by atoms with van der Waals surface area (Å²) in [6, 6.07) is 15.6. The zero-order valence-corrected chi connectivity index (χ0v) is 18.6. The van der Waals surface area contributed by atoms with Gasteiger partial charge in [-0.2, -0.15) is 0 Å². The molecular weight excluding hydrogens is 424 g/mol. The summed E-state index contributed by atoms with van der Waals surface area (Å²) in [5.41, 5.74) is 1.94. The Balaban J connectivity index is 1.28. The van der Waals surface area contributed by atoms with Gasteiger partial charge in [0.1, 0.15) is 6.54 Å². The summed E-state index contributed by atoms with van der Waals surface area (Å²) in [6.45, 7) is 0.686. The minimum Gasteiger partial charge on any atom is -0.454 e. The van der Waals surface area contributed by atoms with Gasteiger partial charge in [0.05, 0.1) is 4.91 Å². The molecule has 7 heteroatoms. The molecular formula is C25H26N2O4S. The molecule has 32 heavy (non-hydrogen) atoms. The molecule has 3 aliphatic rings. The molecule has 0 radical (unpaired) electrons. The highest BCUT2D eigenvalue weighted by molar-refractivity contribution is 8.04. The number of nitrogens with one attached hydrogen (secondary N) is 1. The zero-order chi connectivity index (χ0) is 21.9. The van der Waals surface area contributed by atoms with Gasteiger partial charge < -0.3 is 19.7 Å². The molecule has 166 valence electrons. The standard InChI is InChI=1S/C25H26N2O4S/c28-24(26-14-18-10-11-20-21(12-18)31-16-30-20)15-27-19-8-4-5-9-22(19)32-23(25(27)29)13-17-6-2-1-3-7-17/h1-3,6-7,10-13,19,22H,4-5,8-9,14-16H2,(H,26,28)/b23-13-. The lowest BCUT2D eigenvalue weighted by Gasteiger charge is -2.43. The fourth-order valence-corrected chi connectivity index (χ4v) is 6.00. The Morgan fingerprint density at radius 3 is 2.78 bits per heavy atom. The number of hydrogen-bond donors (Lipinski definition) is 1. The average molecular weight is 451 g/mol. The van der Waals surface area contributed by atoms with E-state index in [-0.39, 0.29) is 31.2 Å². The Morgan fingerprint density at radius 1 is 1.09 bits per heavy atom. The molecule has 6 nitrogen and oxygen atoms in total. The molecule has 2 amide bonds. The molecule has 2 atom stereocenters. The summed E-state index contributed by atoms with van der Waals surface area (Å²) < 4.78 is 10.7. The number of amides is 2. The fraction of sp³-hybridized carbons (Fsp3) is 0.360. The summed E-state index contributed by atoms with van der Waals surface area (Å²) in [6.07, 6.45) is 6.25. The van der Waals surface area contributed by atoms with Crippen molar-refractivity contribution in [2.24, 2.45) is 0 Å². The summed E-state index contributed by atoms with van der Waals surface area (Å²) in [5.74, 6) is 1.23. The molecule has 0 bridgehead atoms. The van der Waals surface area contributed by atoms with Gasteiger partial charge in [0.2, 0.25) is 12.7 Å². The third kappa shape index (κ3) is 4.48. The van der Waals surface area contributed by atoms with Gasteiger partial charge in [-0.25, -0.2) is 0 Å². The number of fused-ring (bicyclic) bond motifs is 2. The van der Waals surface area contributed by atoms with Crippen LogP contribution in [-0.4, -0.2) is 41.3 Å². The highest BCUT2D eigenvalue weighted by Gasteiger charge is 2.41. The van der Waals surface area contributed by atoms with Crippen molar-refractivity contribution in [3.05, 3.63) is 64.6 Å². The van der Waals surface area contributed by atoms with Crippen molar-refractivity contribution < 1.29 is 19.1 Å². The molecule has 2 aromatic carbocycles. The number of carbonyl (C=O) groups excluding carboxylic acids is 2. The van der Waals surface area contributed by atoms with Crippen molar-refractivity contribution in [3.8, 4) is 11.5 Å². The van der Waals surface area contributed by atoms with E-state index in [1.165, 1.54) is 6.42 Å². The number of ether oxygens (including phenoxy) is 2. The van der Waals surface area contributed by atoms with Gasteiger partial charge in [-0.15, -0.1) is 11.8 Å². The molecule has 2 aromatic rings. The van der Waals surface area contributed by atoms with Crippen molar-refractivity contribution in [2.75, 3.05) is 13.3 Å². The third-order valence-corrected chi connectivity index (χ3v) is 7.55. The predicted octanol–water partition coefficient (Wildman–Crippen LogP) is 3.96. The molecule has 2 fully saturated rings. The third-order valence-electron chi connectivity index (χ3n) is 6.16. The van der Waals surface area contributed by atoms with E-state index in [1.807, 2.05) is 54.6 Å². The largest absolute Gasteiger partial charge is 0.454 e. The molecule has 1 N–H and O–H groups in total. The van der Waals surface area contributed by atoms with Crippen LogP contribution in [0.1, 0.15) is 36.8 Å². The van der Waals surface area contributed by atoms with Crippen molar-refractivity contribution >= 4 is 29.7 Å². The monoisotopic (exact) mass is 450 g/mol. The van der Waals surface area contributed by atoms with Crippen LogP contribution in [-0.2, 0) is 16.1 Å². The lowest BCUT2D eigenvalue weighted by atomic mass is 9.93. The number of hydrogen-bond acceptors (Lipinski definition) is 5. The van der Waals surface area contributed by atoms with Gasteiger partial charge in [-0.05, 0) is 42.2 Å². The predicted molar refractivity (Wildman–Crippen MR) is 124 cm³/mol. The van der Waals surface area contributed by atoms with Crippen LogP contribution >= 0.6 is 11.8 Å². The Labute approximate surface area is 192 Å². The first-order valence-corrected chi connectivity index (χ1v) is 11.9. The number of thioether (sulfide) groups is 1. The van der Waals surface area contributed by atoms with Gasteiger partial charge in [-0.3, -0.25) is 9.59 Å². The van der Waals surface area contributed by atoms with Crippen molar-refractivity contribution in [1.29, 1.82) is 0 Å². The Hall–Kier alpha value is -2.93. The van der Waals surface area contributed by atoms with E-state index in [0.717, 1.165) is 41.0 Å². The van der Waals surface area contributed by atoms with E-state index in [9.17, 15) is 9.59 Å². The normalized spacial score (nSPS) is 23.2. The second-order valence-corrected chi connectivity index (χ2v) is 9.61. The molecule has 0 aromatic heterocycles. The maximum Gasteiger partial charge on any atom is 0.261 e. The highest BCUT2D eigenvalue weighted by atomic mass is 32.2.